The number of benzene rings is 1. The predicted molar refractivity (Wildman–Crippen MR) is 72.4 cm³/mol. The van der Waals surface area contributed by atoms with Crippen molar-refractivity contribution in [2.75, 3.05) is 46.3 Å². The molecule has 0 saturated carbocycles. The third-order valence-corrected chi connectivity index (χ3v) is 2.46. The van der Waals surface area contributed by atoms with Crippen LogP contribution in [0.5, 0.6) is 5.75 Å². The fourth-order valence-corrected chi connectivity index (χ4v) is 1.54. The van der Waals surface area contributed by atoms with E-state index in [2.05, 4.69) is 5.32 Å². The second kappa shape index (κ2) is 8.34. The molecule has 0 aromatic heterocycles. The summed E-state index contributed by atoms with van der Waals surface area (Å²) in [4.78, 5) is 11.9. The number of methoxy groups -OCH3 is 2. The Morgan fingerprint density at radius 3 is 2.74 bits per heavy atom. The average molecular weight is 268 g/mol. The van der Waals surface area contributed by atoms with Gasteiger partial charge in [-0.1, -0.05) is 6.07 Å². The molecular formula is C13H20N2O4. The first kappa shape index (κ1) is 15.3. The summed E-state index contributed by atoms with van der Waals surface area (Å²) in [6.45, 7) is 1.89. The van der Waals surface area contributed by atoms with Crippen molar-refractivity contribution < 1.29 is 19.0 Å². The van der Waals surface area contributed by atoms with Crippen LogP contribution in [0.3, 0.4) is 0 Å². The quantitative estimate of drug-likeness (QED) is 0.535. The average Bonchev–Trinajstić information content (AvgIpc) is 2.42. The highest BCUT2D eigenvalue weighted by atomic mass is 16.5. The van der Waals surface area contributed by atoms with Gasteiger partial charge in [0.05, 0.1) is 38.2 Å². The van der Waals surface area contributed by atoms with Crippen LogP contribution in [0.4, 0.5) is 5.69 Å². The van der Waals surface area contributed by atoms with E-state index >= 15 is 0 Å². The number of ether oxygens (including phenoxy) is 3. The Bertz CT molecular complexity index is 410. The van der Waals surface area contributed by atoms with E-state index in [9.17, 15) is 4.79 Å². The topological polar surface area (TPSA) is 82.8 Å². The highest BCUT2D eigenvalue weighted by Gasteiger charge is 2.13. The maximum atomic E-state index is 11.9. The Morgan fingerprint density at radius 2 is 2.05 bits per heavy atom. The van der Waals surface area contributed by atoms with Gasteiger partial charge in [0.15, 0.2) is 5.75 Å². The van der Waals surface area contributed by atoms with E-state index in [1.54, 1.807) is 25.3 Å². The van der Waals surface area contributed by atoms with Gasteiger partial charge in [-0.05, 0) is 12.1 Å². The highest BCUT2D eigenvalue weighted by molar-refractivity contribution is 5.98. The van der Waals surface area contributed by atoms with Gasteiger partial charge in [-0.15, -0.1) is 0 Å². The van der Waals surface area contributed by atoms with Crippen LogP contribution in [0, 0.1) is 0 Å². The Hall–Kier alpha value is -1.79. The summed E-state index contributed by atoms with van der Waals surface area (Å²) in [5, 5.41) is 2.74. The number of nitrogens with one attached hydrogen (secondary N) is 1. The number of anilines is 1. The predicted octanol–water partition coefficient (Wildman–Crippen LogP) is 0.670. The second-order valence-electron chi connectivity index (χ2n) is 3.79. The zero-order chi connectivity index (χ0) is 14.1. The molecule has 1 amide bonds. The summed E-state index contributed by atoms with van der Waals surface area (Å²) >= 11 is 0. The SMILES string of the molecule is COCCOCCNC(=O)c1cccc(N)c1OC. The lowest BCUT2D eigenvalue weighted by Gasteiger charge is -2.11. The van der Waals surface area contributed by atoms with Crippen molar-refractivity contribution in [3.8, 4) is 5.75 Å². The van der Waals surface area contributed by atoms with Crippen molar-refractivity contribution in [1.82, 2.24) is 5.32 Å². The summed E-state index contributed by atoms with van der Waals surface area (Å²) in [6, 6.07) is 5.06. The summed E-state index contributed by atoms with van der Waals surface area (Å²) in [6.07, 6.45) is 0. The van der Waals surface area contributed by atoms with E-state index in [1.807, 2.05) is 0 Å². The van der Waals surface area contributed by atoms with Crippen LogP contribution >= 0.6 is 0 Å². The molecule has 0 aliphatic rings. The number of amides is 1. The molecule has 0 unspecified atom stereocenters. The van der Waals surface area contributed by atoms with Crippen LogP contribution < -0.4 is 15.8 Å². The molecule has 0 fully saturated rings. The third-order valence-electron chi connectivity index (χ3n) is 2.46. The van der Waals surface area contributed by atoms with Gasteiger partial charge in [0.25, 0.3) is 5.91 Å². The number of hydrogen-bond donors (Lipinski definition) is 2. The molecule has 0 saturated heterocycles. The lowest BCUT2D eigenvalue weighted by molar-refractivity contribution is 0.0692. The van der Waals surface area contributed by atoms with E-state index in [4.69, 9.17) is 19.9 Å². The molecule has 1 rings (SSSR count). The van der Waals surface area contributed by atoms with Crippen molar-refractivity contribution in [3.63, 3.8) is 0 Å². The minimum atomic E-state index is -0.237. The third kappa shape index (κ3) is 4.76. The Morgan fingerprint density at radius 1 is 1.26 bits per heavy atom. The largest absolute Gasteiger partial charge is 0.494 e. The molecule has 6 heteroatoms. The number of carbonyl (C=O) groups excluding carboxylic acids is 1. The van der Waals surface area contributed by atoms with E-state index in [0.717, 1.165) is 0 Å². The van der Waals surface area contributed by atoms with Crippen LogP contribution in [0.1, 0.15) is 10.4 Å². The molecule has 1 aromatic carbocycles. The maximum absolute atomic E-state index is 11.9. The standard InChI is InChI=1S/C13H20N2O4/c1-17-8-9-19-7-6-15-13(16)10-4-3-5-11(14)12(10)18-2/h3-5H,6-9,14H2,1-2H3,(H,15,16). The summed E-state index contributed by atoms with van der Waals surface area (Å²) in [5.41, 5.74) is 6.59. The fourth-order valence-electron chi connectivity index (χ4n) is 1.54. The normalized spacial score (nSPS) is 10.2. The minimum absolute atomic E-state index is 0.237. The molecule has 6 nitrogen and oxygen atoms in total. The van der Waals surface area contributed by atoms with E-state index in [0.29, 0.717) is 43.4 Å². The van der Waals surface area contributed by atoms with Crippen LogP contribution in [0.25, 0.3) is 0 Å². The monoisotopic (exact) mass is 268 g/mol. The summed E-state index contributed by atoms with van der Waals surface area (Å²) in [7, 11) is 3.09. The zero-order valence-electron chi connectivity index (χ0n) is 11.3. The van der Waals surface area contributed by atoms with Crippen molar-refractivity contribution >= 4 is 11.6 Å². The number of hydrogen-bond acceptors (Lipinski definition) is 5. The van der Waals surface area contributed by atoms with Crippen LogP contribution in [0.15, 0.2) is 18.2 Å². The van der Waals surface area contributed by atoms with Crippen LogP contribution in [-0.4, -0.2) is 46.5 Å². The molecule has 3 N–H and O–H groups in total. The number of nitrogens with two attached hydrogens (primary N) is 1. The first-order valence-electron chi connectivity index (χ1n) is 5.98. The van der Waals surface area contributed by atoms with Gasteiger partial charge in [0.2, 0.25) is 0 Å². The van der Waals surface area contributed by atoms with Crippen molar-refractivity contribution in [3.05, 3.63) is 23.8 Å². The first-order chi connectivity index (χ1) is 9.20. The molecule has 1 aromatic rings. The molecule has 106 valence electrons. The van der Waals surface area contributed by atoms with Gasteiger partial charge in [0.1, 0.15) is 0 Å². The number of nitrogen functional groups attached to an aromatic ring is 1. The Labute approximate surface area is 112 Å². The number of para-hydroxylation sites is 1. The highest BCUT2D eigenvalue weighted by Crippen LogP contribution is 2.25. The molecule has 0 aliphatic carbocycles. The number of rotatable bonds is 8. The lowest BCUT2D eigenvalue weighted by atomic mass is 10.1. The van der Waals surface area contributed by atoms with E-state index in [-0.39, 0.29) is 5.91 Å². The maximum Gasteiger partial charge on any atom is 0.255 e. The smallest absolute Gasteiger partial charge is 0.255 e. The molecule has 0 aliphatic heterocycles. The van der Waals surface area contributed by atoms with Gasteiger partial charge in [-0.3, -0.25) is 4.79 Å². The van der Waals surface area contributed by atoms with Crippen molar-refractivity contribution in [2.45, 2.75) is 0 Å². The Balaban J connectivity index is 2.43. The lowest BCUT2D eigenvalue weighted by Crippen LogP contribution is -2.28. The van der Waals surface area contributed by atoms with Gasteiger partial charge < -0.3 is 25.3 Å². The van der Waals surface area contributed by atoms with Gasteiger partial charge in [0, 0.05) is 13.7 Å². The number of carbonyl (C=O) groups is 1. The molecule has 0 spiro atoms. The fraction of sp³-hybridized carbons (Fsp3) is 0.462. The molecule has 19 heavy (non-hydrogen) atoms. The molecule has 0 bridgehead atoms. The summed E-state index contributed by atoms with van der Waals surface area (Å²) < 4.78 is 15.2. The first-order valence-corrected chi connectivity index (χ1v) is 5.98. The van der Waals surface area contributed by atoms with E-state index < -0.39 is 0 Å². The zero-order valence-corrected chi connectivity index (χ0v) is 11.3. The van der Waals surface area contributed by atoms with Gasteiger partial charge in [-0.25, -0.2) is 0 Å². The molecule has 0 radical (unpaired) electrons. The van der Waals surface area contributed by atoms with Crippen molar-refractivity contribution in [2.24, 2.45) is 0 Å². The van der Waals surface area contributed by atoms with Crippen LogP contribution in [0.2, 0.25) is 0 Å². The minimum Gasteiger partial charge on any atom is -0.494 e. The van der Waals surface area contributed by atoms with Gasteiger partial charge >= 0.3 is 0 Å². The van der Waals surface area contributed by atoms with Gasteiger partial charge in [-0.2, -0.15) is 0 Å². The summed E-state index contributed by atoms with van der Waals surface area (Å²) in [5.74, 6) is 0.153. The van der Waals surface area contributed by atoms with Crippen molar-refractivity contribution in [1.29, 1.82) is 0 Å². The molecular weight excluding hydrogens is 248 g/mol. The van der Waals surface area contributed by atoms with E-state index in [1.165, 1.54) is 7.11 Å². The molecule has 0 atom stereocenters. The Kier molecular flexibility index (Phi) is 6.70. The van der Waals surface area contributed by atoms with Crippen LogP contribution in [-0.2, 0) is 9.47 Å². The second-order valence-corrected chi connectivity index (χ2v) is 3.79. The molecule has 0 heterocycles.